The van der Waals surface area contributed by atoms with Crippen molar-refractivity contribution in [1.82, 2.24) is 5.32 Å². The van der Waals surface area contributed by atoms with E-state index in [1.165, 1.54) is 12.1 Å². The van der Waals surface area contributed by atoms with Crippen LogP contribution >= 0.6 is 0 Å². The summed E-state index contributed by atoms with van der Waals surface area (Å²) in [6, 6.07) is 12.4. The second-order valence-electron chi connectivity index (χ2n) is 5.22. The fourth-order valence-electron chi connectivity index (χ4n) is 2.50. The maximum absolute atomic E-state index is 13.5. The summed E-state index contributed by atoms with van der Waals surface area (Å²) >= 11 is 0. The quantitative estimate of drug-likeness (QED) is 0.834. The van der Waals surface area contributed by atoms with E-state index in [2.05, 4.69) is 10.3 Å². The molecular formula is C18H19FN2O2. The van der Waals surface area contributed by atoms with E-state index in [1.807, 2.05) is 24.3 Å². The molecule has 0 fully saturated rings. The molecule has 0 aromatic heterocycles. The van der Waals surface area contributed by atoms with Gasteiger partial charge in [0.25, 0.3) is 0 Å². The Morgan fingerprint density at radius 2 is 2.00 bits per heavy atom. The number of rotatable bonds is 6. The first-order valence-corrected chi connectivity index (χ1v) is 7.58. The minimum Gasteiger partial charge on any atom is -0.490 e. The van der Waals surface area contributed by atoms with Gasteiger partial charge in [-0.1, -0.05) is 18.2 Å². The molecule has 0 amide bonds. The van der Waals surface area contributed by atoms with Gasteiger partial charge in [0.1, 0.15) is 24.0 Å². The van der Waals surface area contributed by atoms with Crippen molar-refractivity contribution in [2.45, 2.75) is 0 Å². The first kappa shape index (κ1) is 15.5. The van der Waals surface area contributed by atoms with Crippen LogP contribution < -0.4 is 10.1 Å². The summed E-state index contributed by atoms with van der Waals surface area (Å²) < 4.78 is 24.3. The van der Waals surface area contributed by atoms with Gasteiger partial charge in [-0.15, -0.1) is 0 Å². The van der Waals surface area contributed by atoms with Gasteiger partial charge >= 0.3 is 0 Å². The zero-order valence-corrected chi connectivity index (χ0v) is 13.0. The summed E-state index contributed by atoms with van der Waals surface area (Å²) in [4.78, 5) is 4.47. The Kier molecular flexibility index (Phi) is 4.88. The van der Waals surface area contributed by atoms with E-state index in [0.29, 0.717) is 13.2 Å². The van der Waals surface area contributed by atoms with Crippen LogP contribution in [0.15, 0.2) is 47.5 Å². The number of methoxy groups -OCH3 is 1. The van der Waals surface area contributed by atoms with Gasteiger partial charge in [0.05, 0.1) is 18.7 Å². The van der Waals surface area contributed by atoms with Crippen molar-refractivity contribution in [2.75, 3.05) is 33.4 Å². The van der Waals surface area contributed by atoms with E-state index in [0.717, 1.165) is 41.4 Å². The minimum absolute atomic E-state index is 0.249. The molecule has 2 aromatic carbocycles. The van der Waals surface area contributed by atoms with Crippen LogP contribution in [-0.2, 0) is 4.74 Å². The van der Waals surface area contributed by atoms with Gasteiger partial charge < -0.3 is 14.8 Å². The standard InChI is InChI=1S/C18H19FN2O2/c1-22-9-10-23-17-6-5-14(13-3-2-4-15(19)11-13)12-16(17)18-20-7-8-21-18/h2-6,11-12H,7-10H2,1H3,(H,20,21). The molecule has 1 heterocycles. The van der Waals surface area contributed by atoms with Crippen molar-refractivity contribution in [3.8, 4) is 16.9 Å². The molecule has 23 heavy (non-hydrogen) atoms. The normalized spacial score (nSPS) is 13.6. The van der Waals surface area contributed by atoms with E-state index in [9.17, 15) is 4.39 Å². The summed E-state index contributed by atoms with van der Waals surface area (Å²) in [5.74, 6) is 1.31. The van der Waals surface area contributed by atoms with Gasteiger partial charge in [0, 0.05) is 13.7 Å². The van der Waals surface area contributed by atoms with Crippen LogP contribution in [0.4, 0.5) is 4.39 Å². The lowest BCUT2D eigenvalue weighted by atomic mass is 10.0. The Labute approximate surface area is 135 Å². The first-order chi connectivity index (χ1) is 11.3. The average Bonchev–Trinajstić information content (AvgIpc) is 3.10. The summed E-state index contributed by atoms with van der Waals surface area (Å²) in [6.07, 6.45) is 0. The number of hydrogen-bond acceptors (Lipinski definition) is 4. The molecule has 0 spiro atoms. The molecule has 0 aliphatic carbocycles. The number of benzene rings is 2. The highest BCUT2D eigenvalue weighted by molar-refractivity contribution is 6.03. The third kappa shape index (κ3) is 3.68. The molecule has 0 saturated heterocycles. The van der Waals surface area contributed by atoms with Gasteiger partial charge in [-0.2, -0.15) is 0 Å². The van der Waals surface area contributed by atoms with E-state index in [-0.39, 0.29) is 5.82 Å². The van der Waals surface area contributed by atoms with Crippen molar-refractivity contribution in [1.29, 1.82) is 0 Å². The maximum Gasteiger partial charge on any atom is 0.132 e. The lowest BCUT2D eigenvalue weighted by molar-refractivity contribution is 0.146. The summed E-state index contributed by atoms with van der Waals surface area (Å²) in [7, 11) is 1.64. The molecular weight excluding hydrogens is 295 g/mol. The van der Waals surface area contributed by atoms with Crippen LogP contribution in [0.5, 0.6) is 5.75 Å². The molecule has 0 saturated carbocycles. The van der Waals surface area contributed by atoms with Gasteiger partial charge in [-0.05, 0) is 35.4 Å². The Hall–Kier alpha value is -2.40. The molecule has 0 unspecified atom stereocenters. The predicted octanol–water partition coefficient (Wildman–Crippen LogP) is 2.87. The molecule has 1 aliphatic heterocycles. The highest BCUT2D eigenvalue weighted by Crippen LogP contribution is 2.28. The minimum atomic E-state index is -0.249. The van der Waals surface area contributed by atoms with Crippen molar-refractivity contribution in [3.05, 3.63) is 53.8 Å². The van der Waals surface area contributed by atoms with Crippen molar-refractivity contribution < 1.29 is 13.9 Å². The summed E-state index contributed by atoms with van der Waals surface area (Å²) in [5.41, 5.74) is 2.64. The van der Waals surface area contributed by atoms with Gasteiger partial charge in [-0.3, -0.25) is 4.99 Å². The molecule has 120 valence electrons. The fraction of sp³-hybridized carbons (Fsp3) is 0.278. The molecule has 4 nitrogen and oxygen atoms in total. The molecule has 0 bridgehead atoms. The van der Waals surface area contributed by atoms with Crippen LogP contribution in [-0.4, -0.2) is 39.2 Å². The van der Waals surface area contributed by atoms with Crippen molar-refractivity contribution >= 4 is 5.84 Å². The van der Waals surface area contributed by atoms with Crippen LogP contribution in [0.1, 0.15) is 5.56 Å². The number of ether oxygens (including phenoxy) is 2. The molecule has 5 heteroatoms. The average molecular weight is 314 g/mol. The molecule has 1 N–H and O–H groups in total. The number of nitrogens with zero attached hydrogens (tertiary/aromatic N) is 1. The van der Waals surface area contributed by atoms with E-state index >= 15 is 0 Å². The zero-order valence-electron chi connectivity index (χ0n) is 13.0. The molecule has 3 rings (SSSR count). The third-order valence-corrected chi connectivity index (χ3v) is 3.61. The number of aliphatic imine (C=N–C) groups is 1. The Bertz CT molecular complexity index is 716. The number of nitrogens with one attached hydrogen (secondary N) is 1. The molecule has 0 radical (unpaired) electrons. The second kappa shape index (κ2) is 7.24. The molecule has 2 aromatic rings. The van der Waals surface area contributed by atoms with Gasteiger partial charge in [0.15, 0.2) is 0 Å². The second-order valence-corrected chi connectivity index (χ2v) is 5.22. The van der Waals surface area contributed by atoms with Crippen molar-refractivity contribution in [3.63, 3.8) is 0 Å². The molecule has 0 atom stereocenters. The highest BCUT2D eigenvalue weighted by Gasteiger charge is 2.15. The van der Waals surface area contributed by atoms with Crippen LogP contribution in [0.25, 0.3) is 11.1 Å². The van der Waals surface area contributed by atoms with Gasteiger partial charge in [0.2, 0.25) is 0 Å². The smallest absolute Gasteiger partial charge is 0.132 e. The third-order valence-electron chi connectivity index (χ3n) is 3.61. The Balaban J connectivity index is 1.95. The summed E-state index contributed by atoms with van der Waals surface area (Å²) in [6.45, 7) is 2.55. The Morgan fingerprint density at radius 3 is 2.74 bits per heavy atom. The van der Waals surface area contributed by atoms with Crippen molar-refractivity contribution in [2.24, 2.45) is 4.99 Å². The topological polar surface area (TPSA) is 42.9 Å². The SMILES string of the molecule is COCCOc1ccc(-c2cccc(F)c2)cc1C1=NCCN1. The highest BCUT2D eigenvalue weighted by atomic mass is 19.1. The number of hydrogen-bond donors (Lipinski definition) is 1. The van der Waals surface area contributed by atoms with Crippen LogP contribution in [0, 0.1) is 5.82 Å². The maximum atomic E-state index is 13.5. The fourth-order valence-corrected chi connectivity index (χ4v) is 2.50. The number of amidine groups is 1. The molecule has 1 aliphatic rings. The lowest BCUT2D eigenvalue weighted by Crippen LogP contribution is -2.20. The van der Waals surface area contributed by atoms with E-state index in [1.54, 1.807) is 13.2 Å². The van der Waals surface area contributed by atoms with E-state index < -0.39 is 0 Å². The first-order valence-electron chi connectivity index (χ1n) is 7.58. The van der Waals surface area contributed by atoms with E-state index in [4.69, 9.17) is 9.47 Å². The Morgan fingerprint density at radius 1 is 1.13 bits per heavy atom. The predicted molar refractivity (Wildman–Crippen MR) is 88.6 cm³/mol. The largest absolute Gasteiger partial charge is 0.490 e. The zero-order chi connectivity index (χ0) is 16.1. The van der Waals surface area contributed by atoms with Gasteiger partial charge in [-0.25, -0.2) is 4.39 Å². The van der Waals surface area contributed by atoms with Crippen LogP contribution in [0.3, 0.4) is 0 Å². The van der Waals surface area contributed by atoms with Crippen LogP contribution in [0.2, 0.25) is 0 Å². The number of halogens is 1. The monoisotopic (exact) mass is 314 g/mol. The summed E-state index contributed by atoms with van der Waals surface area (Å²) in [5, 5.41) is 3.26. The lowest BCUT2D eigenvalue weighted by Gasteiger charge is -2.14.